The highest BCUT2D eigenvalue weighted by molar-refractivity contribution is 9.10. The molecule has 0 aliphatic rings. The predicted molar refractivity (Wildman–Crippen MR) is 85.9 cm³/mol. The van der Waals surface area contributed by atoms with Crippen LogP contribution in [0.5, 0.6) is 0 Å². The third kappa shape index (κ3) is 4.27. The SMILES string of the molecule is CCCNC(Cc1ccc(Br)cc1Cl)c1ccncn1. The van der Waals surface area contributed by atoms with Crippen molar-refractivity contribution in [1.82, 2.24) is 15.3 Å². The molecule has 0 fully saturated rings. The molecule has 5 heteroatoms. The molecule has 1 N–H and O–H groups in total. The molecule has 0 bridgehead atoms. The first-order chi connectivity index (χ1) is 9.70. The van der Waals surface area contributed by atoms with Gasteiger partial charge >= 0.3 is 0 Å². The van der Waals surface area contributed by atoms with Crippen molar-refractivity contribution < 1.29 is 0 Å². The first-order valence-corrected chi connectivity index (χ1v) is 7.81. The molecule has 0 aliphatic carbocycles. The number of nitrogens with one attached hydrogen (secondary N) is 1. The Kier molecular flexibility index (Phi) is 5.95. The predicted octanol–water partition coefficient (Wildman–Crippen LogP) is 4.18. The van der Waals surface area contributed by atoms with Crippen molar-refractivity contribution in [3.05, 3.63) is 57.5 Å². The second kappa shape index (κ2) is 7.72. The van der Waals surface area contributed by atoms with E-state index in [0.717, 1.165) is 40.1 Å². The number of aromatic nitrogens is 2. The molecule has 2 aromatic rings. The molecule has 1 aromatic carbocycles. The number of nitrogens with zero attached hydrogens (tertiary/aromatic N) is 2. The number of hydrogen-bond donors (Lipinski definition) is 1. The summed E-state index contributed by atoms with van der Waals surface area (Å²) in [6, 6.07) is 8.08. The molecule has 0 saturated carbocycles. The van der Waals surface area contributed by atoms with E-state index in [4.69, 9.17) is 11.6 Å². The monoisotopic (exact) mass is 353 g/mol. The Labute approximate surface area is 132 Å². The highest BCUT2D eigenvalue weighted by Gasteiger charge is 2.14. The molecule has 0 saturated heterocycles. The van der Waals surface area contributed by atoms with Gasteiger partial charge in [0.05, 0.1) is 11.7 Å². The quantitative estimate of drug-likeness (QED) is 0.846. The van der Waals surface area contributed by atoms with Gasteiger partial charge in [-0.2, -0.15) is 0 Å². The molecule has 0 spiro atoms. The molecule has 1 aromatic heterocycles. The van der Waals surface area contributed by atoms with E-state index in [0.29, 0.717) is 0 Å². The van der Waals surface area contributed by atoms with E-state index >= 15 is 0 Å². The maximum absolute atomic E-state index is 6.30. The highest BCUT2D eigenvalue weighted by Crippen LogP contribution is 2.25. The van der Waals surface area contributed by atoms with Crippen LogP contribution >= 0.6 is 27.5 Å². The Hall–Kier alpha value is -0.970. The average Bonchev–Trinajstić information content (AvgIpc) is 2.46. The van der Waals surface area contributed by atoms with Gasteiger partial charge < -0.3 is 5.32 Å². The maximum atomic E-state index is 6.30. The van der Waals surface area contributed by atoms with Crippen LogP contribution in [0.4, 0.5) is 0 Å². The highest BCUT2D eigenvalue weighted by atomic mass is 79.9. The Morgan fingerprint density at radius 1 is 1.35 bits per heavy atom. The summed E-state index contributed by atoms with van der Waals surface area (Å²) in [6.45, 7) is 3.10. The standard InChI is InChI=1S/C15H17BrClN3/c1-2-6-19-15(14-5-7-18-10-20-14)8-11-3-4-12(16)9-13(11)17/h3-5,7,9-10,15,19H,2,6,8H2,1H3. The first-order valence-electron chi connectivity index (χ1n) is 6.64. The van der Waals surface area contributed by atoms with Crippen molar-refractivity contribution in [2.75, 3.05) is 6.54 Å². The molecule has 0 aliphatic heterocycles. The van der Waals surface area contributed by atoms with Gasteiger partial charge in [0, 0.05) is 15.7 Å². The van der Waals surface area contributed by atoms with E-state index in [1.165, 1.54) is 0 Å². The Bertz CT molecular complexity index is 548. The Morgan fingerprint density at radius 2 is 2.20 bits per heavy atom. The molecule has 1 heterocycles. The van der Waals surface area contributed by atoms with Gasteiger partial charge in [0.15, 0.2) is 0 Å². The summed E-state index contributed by atoms with van der Waals surface area (Å²) in [5.74, 6) is 0. The van der Waals surface area contributed by atoms with Crippen molar-refractivity contribution in [3.63, 3.8) is 0 Å². The zero-order valence-electron chi connectivity index (χ0n) is 11.3. The molecule has 2 rings (SSSR count). The van der Waals surface area contributed by atoms with Crippen molar-refractivity contribution in [2.45, 2.75) is 25.8 Å². The number of rotatable bonds is 6. The lowest BCUT2D eigenvalue weighted by atomic mass is 10.0. The second-order valence-electron chi connectivity index (χ2n) is 4.58. The smallest absolute Gasteiger partial charge is 0.115 e. The van der Waals surface area contributed by atoms with Crippen LogP contribution in [0, 0.1) is 0 Å². The normalized spacial score (nSPS) is 12.3. The van der Waals surface area contributed by atoms with Gasteiger partial charge in [0.2, 0.25) is 0 Å². The summed E-state index contributed by atoms with van der Waals surface area (Å²) in [6.07, 6.45) is 5.24. The fourth-order valence-corrected chi connectivity index (χ4v) is 2.76. The summed E-state index contributed by atoms with van der Waals surface area (Å²) in [5.41, 5.74) is 2.11. The minimum Gasteiger partial charge on any atom is -0.308 e. The third-order valence-corrected chi connectivity index (χ3v) is 3.89. The average molecular weight is 355 g/mol. The largest absolute Gasteiger partial charge is 0.308 e. The van der Waals surface area contributed by atoms with E-state index in [1.54, 1.807) is 12.5 Å². The topological polar surface area (TPSA) is 37.8 Å². The van der Waals surface area contributed by atoms with E-state index in [1.807, 2.05) is 24.3 Å². The molecule has 106 valence electrons. The number of benzene rings is 1. The lowest BCUT2D eigenvalue weighted by molar-refractivity contribution is 0.517. The van der Waals surface area contributed by atoms with Crippen LogP contribution in [-0.2, 0) is 6.42 Å². The summed E-state index contributed by atoms with van der Waals surface area (Å²) in [4.78, 5) is 8.32. The minimum atomic E-state index is 0.150. The molecule has 1 unspecified atom stereocenters. The maximum Gasteiger partial charge on any atom is 0.115 e. The van der Waals surface area contributed by atoms with Gasteiger partial charge in [-0.25, -0.2) is 9.97 Å². The van der Waals surface area contributed by atoms with Gasteiger partial charge in [-0.15, -0.1) is 0 Å². The van der Waals surface area contributed by atoms with Crippen molar-refractivity contribution in [3.8, 4) is 0 Å². The summed E-state index contributed by atoms with van der Waals surface area (Å²) >= 11 is 9.73. The fourth-order valence-electron chi connectivity index (χ4n) is 2.01. The van der Waals surface area contributed by atoms with E-state index < -0.39 is 0 Å². The third-order valence-electron chi connectivity index (χ3n) is 3.04. The van der Waals surface area contributed by atoms with Crippen LogP contribution < -0.4 is 5.32 Å². The molecule has 0 radical (unpaired) electrons. The second-order valence-corrected chi connectivity index (χ2v) is 5.90. The van der Waals surface area contributed by atoms with E-state index in [-0.39, 0.29) is 6.04 Å². The van der Waals surface area contributed by atoms with Gasteiger partial charge in [-0.05, 0) is 43.1 Å². The molecular weight excluding hydrogens is 338 g/mol. The zero-order chi connectivity index (χ0) is 14.4. The minimum absolute atomic E-state index is 0.150. The van der Waals surface area contributed by atoms with Gasteiger partial charge in [-0.1, -0.05) is 40.5 Å². The Morgan fingerprint density at radius 3 is 2.85 bits per heavy atom. The van der Waals surface area contributed by atoms with Crippen molar-refractivity contribution in [2.24, 2.45) is 0 Å². The molecule has 20 heavy (non-hydrogen) atoms. The van der Waals surface area contributed by atoms with E-state index in [2.05, 4.69) is 38.1 Å². The van der Waals surface area contributed by atoms with E-state index in [9.17, 15) is 0 Å². The summed E-state index contributed by atoms with van der Waals surface area (Å²) < 4.78 is 0.992. The van der Waals surface area contributed by atoms with Crippen molar-refractivity contribution in [1.29, 1.82) is 0 Å². The van der Waals surface area contributed by atoms with Gasteiger partial charge in [0.25, 0.3) is 0 Å². The molecule has 3 nitrogen and oxygen atoms in total. The van der Waals surface area contributed by atoms with Gasteiger partial charge in [-0.3, -0.25) is 0 Å². The van der Waals surface area contributed by atoms with Crippen LogP contribution in [0.2, 0.25) is 5.02 Å². The van der Waals surface area contributed by atoms with Crippen LogP contribution in [0.3, 0.4) is 0 Å². The summed E-state index contributed by atoms with van der Waals surface area (Å²) in [7, 11) is 0. The summed E-state index contributed by atoms with van der Waals surface area (Å²) in [5, 5.41) is 4.29. The first kappa shape index (κ1) is 15.4. The number of halogens is 2. The zero-order valence-corrected chi connectivity index (χ0v) is 13.7. The molecule has 1 atom stereocenters. The van der Waals surface area contributed by atoms with Crippen LogP contribution in [0.25, 0.3) is 0 Å². The van der Waals surface area contributed by atoms with Crippen molar-refractivity contribution >= 4 is 27.5 Å². The van der Waals surface area contributed by atoms with Crippen LogP contribution in [0.1, 0.15) is 30.6 Å². The fraction of sp³-hybridized carbons (Fsp3) is 0.333. The lowest BCUT2D eigenvalue weighted by Crippen LogP contribution is -2.25. The lowest BCUT2D eigenvalue weighted by Gasteiger charge is -2.18. The molecular formula is C15H17BrClN3. The van der Waals surface area contributed by atoms with Gasteiger partial charge in [0.1, 0.15) is 6.33 Å². The van der Waals surface area contributed by atoms with Crippen LogP contribution in [-0.4, -0.2) is 16.5 Å². The Balaban J connectivity index is 2.19. The van der Waals surface area contributed by atoms with Crippen LogP contribution in [0.15, 0.2) is 41.3 Å². The number of hydrogen-bond acceptors (Lipinski definition) is 3. The molecule has 0 amide bonds.